The van der Waals surface area contributed by atoms with E-state index >= 15 is 0 Å². The third kappa shape index (κ3) is 3.19. The van der Waals surface area contributed by atoms with Gasteiger partial charge in [0.05, 0.1) is 16.1 Å². The maximum atomic E-state index is 12.8. The van der Waals surface area contributed by atoms with Gasteiger partial charge in [0.1, 0.15) is 0 Å². The number of carbonyl (C=O) groups excluding carboxylic acids is 1. The summed E-state index contributed by atoms with van der Waals surface area (Å²) >= 11 is 1.40. The van der Waals surface area contributed by atoms with E-state index in [1.807, 2.05) is 60.8 Å². The highest BCUT2D eigenvalue weighted by molar-refractivity contribution is 7.12. The van der Waals surface area contributed by atoms with Crippen LogP contribution in [0.4, 0.5) is 0 Å². The average Bonchev–Trinajstić information content (AvgIpc) is 3.24. The number of aromatic nitrogens is 4. The highest BCUT2D eigenvalue weighted by Gasteiger charge is 2.22. The molecule has 0 aliphatic rings. The van der Waals surface area contributed by atoms with Gasteiger partial charge in [0.25, 0.3) is 0 Å². The van der Waals surface area contributed by atoms with Crippen LogP contribution in [0.15, 0.2) is 54.0 Å². The number of ketones is 1. The molecule has 1 aromatic carbocycles. The van der Waals surface area contributed by atoms with E-state index in [0.717, 1.165) is 5.69 Å². The van der Waals surface area contributed by atoms with E-state index in [2.05, 4.69) is 15.5 Å². The Kier molecular flexibility index (Phi) is 4.29. The van der Waals surface area contributed by atoms with Crippen LogP contribution in [0.25, 0.3) is 11.3 Å². The van der Waals surface area contributed by atoms with Crippen LogP contribution in [-0.4, -0.2) is 45.0 Å². The van der Waals surface area contributed by atoms with Crippen molar-refractivity contribution in [3.8, 4) is 5.69 Å². The average molecular weight is 325 g/mol. The van der Waals surface area contributed by atoms with Crippen LogP contribution < -0.4 is 0 Å². The molecule has 6 nitrogen and oxygen atoms in total. The van der Waals surface area contributed by atoms with Gasteiger partial charge in [-0.3, -0.25) is 4.79 Å². The molecule has 0 atom stereocenters. The molecular weight excluding hydrogens is 310 g/mol. The second kappa shape index (κ2) is 6.53. The van der Waals surface area contributed by atoms with Gasteiger partial charge in [-0.15, -0.1) is 16.4 Å². The Hall–Kier alpha value is -2.80. The van der Waals surface area contributed by atoms with Gasteiger partial charge in [-0.2, -0.15) is 4.68 Å². The number of Topliss-reactive ketones (excluding diaryl/α,β-unsaturated/α-hetero) is 1. The third-order valence-corrected chi connectivity index (χ3v) is 3.96. The molecule has 0 unspecified atom stereocenters. The van der Waals surface area contributed by atoms with E-state index in [-0.39, 0.29) is 5.78 Å². The molecule has 7 heteroatoms. The number of thiophene rings is 1. The maximum absolute atomic E-state index is 12.8. The van der Waals surface area contributed by atoms with E-state index < -0.39 is 0 Å². The van der Waals surface area contributed by atoms with E-state index in [1.165, 1.54) is 11.3 Å². The van der Waals surface area contributed by atoms with Crippen LogP contribution in [0.2, 0.25) is 0 Å². The smallest absolute Gasteiger partial charge is 0.208 e. The van der Waals surface area contributed by atoms with Crippen molar-refractivity contribution >= 4 is 22.7 Å². The molecule has 2 aromatic heterocycles. The topological polar surface area (TPSA) is 63.9 Å². The molecule has 0 bridgehead atoms. The van der Waals surface area contributed by atoms with Crippen molar-refractivity contribution in [2.75, 3.05) is 14.1 Å². The van der Waals surface area contributed by atoms with Gasteiger partial charge in [0.2, 0.25) is 5.78 Å². The van der Waals surface area contributed by atoms with Crippen LogP contribution in [0.3, 0.4) is 0 Å². The number of benzene rings is 1. The predicted molar refractivity (Wildman–Crippen MR) is 89.5 cm³/mol. The number of hydrogen-bond donors (Lipinski definition) is 0. The SMILES string of the molecule is CN(C)/C=C(/C(=O)c1cccs1)c1nnnn1-c1ccccc1. The summed E-state index contributed by atoms with van der Waals surface area (Å²) in [7, 11) is 3.72. The highest BCUT2D eigenvalue weighted by atomic mass is 32.1. The van der Waals surface area contributed by atoms with Crippen LogP contribution in [0.5, 0.6) is 0 Å². The maximum Gasteiger partial charge on any atom is 0.208 e. The van der Waals surface area contributed by atoms with Gasteiger partial charge in [-0.05, 0) is 34.0 Å². The van der Waals surface area contributed by atoms with Gasteiger partial charge >= 0.3 is 0 Å². The van der Waals surface area contributed by atoms with Crippen molar-refractivity contribution in [1.82, 2.24) is 25.1 Å². The number of tetrazole rings is 1. The monoisotopic (exact) mass is 325 g/mol. The summed E-state index contributed by atoms with van der Waals surface area (Å²) in [4.78, 5) is 15.3. The number of hydrogen-bond acceptors (Lipinski definition) is 6. The zero-order valence-electron chi connectivity index (χ0n) is 12.7. The first-order chi connectivity index (χ1) is 11.2. The quantitative estimate of drug-likeness (QED) is 0.533. The van der Waals surface area contributed by atoms with Crippen molar-refractivity contribution in [2.45, 2.75) is 0 Å². The van der Waals surface area contributed by atoms with Crippen LogP contribution in [-0.2, 0) is 0 Å². The second-order valence-corrected chi connectivity index (χ2v) is 6.01. The minimum atomic E-state index is -0.0966. The fraction of sp³-hybridized carbons (Fsp3) is 0.125. The largest absolute Gasteiger partial charge is 0.383 e. The Bertz CT molecular complexity index is 821. The number of carbonyl (C=O) groups is 1. The Morgan fingerprint density at radius 1 is 1.17 bits per heavy atom. The van der Waals surface area contributed by atoms with Crippen LogP contribution >= 0.6 is 11.3 Å². The third-order valence-electron chi connectivity index (χ3n) is 3.09. The minimum absolute atomic E-state index is 0.0966. The Morgan fingerprint density at radius 2 is 1.96 bits per heavy atom. The fourth-order valence-corrected chi connectivity index (χ4v) is 2.79. The molecule has 3 rings (SSSR count). The van der Waals surface area contributed by atoms with E-state index in [0.29, 0.717) is 16.3 Å². The lowest BCUT2D eigenvalue weighted by molar-refractivity contribution is 0.105. The van der Waals surface area contributed by atoms with Gasteiger partial charge < -0.3 is 4.90 Å². The summed E-state index contributed by atoms with van der Waals surface area (Å²) < 4.78 is 1.57. The normalized spacial score (nSPS) is 11.5. The van der Waals surface area contributed by atoms with Crippen molar-refractivity contribution in [1.29, 1.82) is 0 Å². The standard InChI is InChI=1S/C16H15N5OS/c1-20(2)11-13(15(22)14-9-6-10-23-14)16-17-18-19-21(16)12-7-4-3-5-8-12/h3-11H,1-2H3/b13-11-. The molecule has 0 spiro atoms. The molecule has 3 aromatic rings. The Morgan fingerprint density at radius 3 is 2.61 bits per heavy atom. The summed E-state index contributed by atoms with van der Waals surface area (Å²) in [5, 5.41) is 13.7. The summed E-state index contributed by atoms with van der Waals surface area (Å²) in [5.41, 5.74) is 1.25. The number of nitrogens with zero attached hydrogens (tertiary/aromatic N) is 5. The van der Waals surface area contributed by atoms with Gasteiger partial charge in [-0.1, -0.05) is 24.3 Å². The predicted octanol–water partition coefficient (Wildman–Crippen LogP) is 2.51. The summed E-state index contributed by atoms with van der Waals surface area (Å²) in [6.07, 6.45) is 1.74. The minimum Gasteiger partial charge on any atom is -0.383 e. The lowest BCUT2D eigenvalue weighted by Gasteiger charge is -2.11. The van der Waals surface area contributed by atoms with Gasteiger partial charge in [0, 0.05) is 20.3 Å². The first kappa shape index (κ1) is 15.1. The fourth-order valence-electron chi connectivity index (χ4n) is 2.11. The van der Waals surface area contributed by atoms with Crippen molar-refractivity contribution in [3.63, 3.8) is 0 Å². The van der Waals surface area contributed by atoms with Crippen molar-refractivity contribution in [3.05, 3.63) is 64.7 Å². The summed E-state index contributed by atoms with van der Waals surface area (Å²) in [5.74, 6) is 0.323. The lowest BCUT2D eigenvalue weighted by Crippen LogP contribution is -2.13. The molecule has 23 heavy (non-hydrogen) atoms. The molecule has 0 saturated carbocycles. The number of allylic oxidation sites excluding steroid dienone is 1. The Balaban J connectivity index is 2.10. The number of rotatable bonds is 5. The second-order valence-electron chi connectivity index (χ2n) is 5.06. The van der Waals surface area contributed by atoms with Crippen LogP contribution in [0, 0.1) is 0 Å². The first-order valence-electron chi connectivity index (χ1n) is 6.97. The zero-order chi connectivity index (χ0) is 16.2. The molecule has 0 radical (unpaired) electrons. The molecule has 0 fully saturated rings. The highest BCUT2D eigenvalue weighted by Crippen LogP contribution is 2.22. The van der Waals surface area contributed by atoms with E-state index in [1.54, 1.807) is 16.9 Å². The molecule has 0 saturated heterocycles. The molecule has 2 heterocycles. The summed E-state index contributed by atoms with van der Waals surface area (Å²) in [6.45, 7) is 0. The first-order valence-corrected chi connectivity index (χ1v) is 7.85. The van der Waals surface area contributed by atoms with Gasteiger partial charge in [0.15, 0.2) is 5.82 Å². The van der Waals surface area contributed by atoms with Crippen molar-refractivity contribution < 1.29 is 4.79 Å². The van der Waals surface area contributed by atoms with E-state index in [4.69, 9.17) is 0 Å². The molecule has 0 aliphatic carbocycles. The Labute approximate surface area is 137 Å². The molecule has 0 N–H and O–H groups in total. The molecule has 0 amide bonds. The van der Waals surface area contributed by atoms with E-state index in [9.17, 15) is 4.79 Å². The number of para-hydroxylation sites is 1. The zero-order valence-corrected chi connectivity index (χ0v) is 13.6. The lowest BCUT2D eigenvalue weighted by atomic mass is 10.1. The van der Waals surface area contributed by atoms with Crippen molar-refractivity contribution in [2.24, 2.45) is 0 Å². The summed E-state index contributed by atoms with van der Waals surface area (Å²) in [6, 6.07) is 13.2. The van der Waals surface area contributed by atoms with Gasteiger partial charge in [-0.25, -0.2) is 0 Å². The molecule has 0 aliphatic heterocycles. The van der Waals surface area contributed by atoms with Crippen LogP contribution in [0.1, 0.15) is 15.5 Å². The molecule has 116 valence electrons. The molecular formula is C16H15N5OS.